The van der Waals surface area contributed by atoms with E-state index in [1.54, 1.807) is 74.5 Å². The Bertz CT molecular complexity index is 2010. The molecule has 0 amide bonds. The fraction of sp³-hybridized carbons (Fsp3) is 0.194. The summed E-state index contributed by atoms with van der Waals surface area (Å²) in [6.07, 6.45) is 1.55. The summed E-state index contributed by atoms with van der Waals surface area (Å²) in [5.41, 5.74) is 1.14. The number of hydrogen-bond donors (Lipinski definition) is 0. The first-order chi connectivity index (χ1) is 20.7. The molecule has 1 aromatic heterocycles. The normalized spacial score (nSPS) is 15.0. The minimum absolute atomic E-state index is 0.000987. The van der Waals surface area contributed by atoms with E-state index >= 15 is 0 Å². The zero-order chi connectivity index (χ0) is 30.7. The summed E-state index contributed by atoms with van der Waals surface area (Å²) in [6, 6.07) is 18.6. The smallest absolute Gasteiger partial charge is 0.339 e. The van der Waals surface area contributed by atoms with Gasteiger partial charge in [0.15, 0.2) is 16.3 Å². The fourth-order valence-corrected chi connectivity index (χ4v) is 6.71. The Hall–Kier alpha value is -4.68. The van der Waals surface area contributed by atoms with Gasteiger partial charge in [-0.25, -0.2) is 9.79 Å². The molecule has 3 aromatic carbocycles. The quantitative estimate of drug-likeness (QED) is 0.206. The van der Waals surface area contributed by atoms with Crippen molar-refractivity contribution < 1.29 is 31.6 Å². The number of fused-ring (bicyclic) bond motifs is 1. The van der Waals surface area contributed by atoms with Crippen molar-refractivity contribution in [3.8, 4) is 17.2 Å². The van der Waals surface area contributed by atoms with E-state index in [2.05, 4.69) is 4.99 Å². The number of hydrogen-bond acceptors (Lipinski definition) is 10. The molecule has 0 unspecified atom stereocenters. The van der Waals surface area contributed by atoms with Crippen molar-refractivity contribution in [2.75, 3.05) is 20.8 Å². The van der Waals surface area contributed by atoms with Crippen LogP contribution in [0.25, 0.3) is 6.08 Å². The molecule has 0 aliphatic carbocycles. The SMILES string of the molecule is CCOC(=O)C1=C(C)N=c2s/c(=C/c3ccccc3OS(=O)(=O)c3ccccc3)c(=O)n2[C@@H]1c1ccc(OC)c(OC)c1. The first kappa shape index (κ1) is 29.8. The molecule has 1 aliphatic heterocycles. The van der Waals surface area contributed by atoms with Crippen LogP contribution in [0, 0.1) is 0 Å². The van der Waals surface area contributed by atoms with Gasteiger partial charge in [-0.15, -0.1) is 0 Å². The van der Waals surface area contributed by atoms with Gasteiger partial charge >= 0.3 is 16.1 Å². The lowest BCUT2D eigenvalue weighted by Gasteiger charge is -2.25. The monoisotopic (exact) mass is 620 g/mol. The van der Waals surface area contributed by atoms with Gasteiger partial charge in [-0.3, -0.25) is 9.36 Å². The molecule has 2 heterocycles. The molecule has 0 spiro atoms. The molecule has 0 saturated heterocycles. The van der Waals surface area contributed by atoms with E-state index in [1.807, 2.05) is 0 Å². The molecule has 1 atom stereocenters. The number of aromatic nitrogens is 1. The van der Waals surface area contributed by atoms with Crippen molar-refractivity contribution in [3.63, 3.8) is 0 Å². The highest BCUT2D eigenvalue weighted by atomic mass is 32.2. The Labute approximate surface area is 251 Å². The Kier molecular flexibility index (Phi) is 8.51. The fourth-order valence-electron chi connectivity index (χ4n) is 4.70. The zero-order valence-corrected chi connectivity index (χ0v) is 25.4. The molecule has 10 nitrogen and oxygen atoms in total. The van der Waals surface area contributed by atoms with Crippen LogP contribution in [-0.4, -0.2) is 39.8 Å². The number of allylic oxidation sites excluding steroid dienone is 1. The van der Waals surface area contributed by atoms with Crippen LogP contribution in [-0.2, 0) is 19.6 Å². The second-order valence-corrected chi connectivity index (χ2v) is 11.9. The van der Waals surface area contributed by atoms with Crippen LogP contribution in [0.5, 0.6) is 17.2 Å². The summed E-state index contributed by atoms with van der Waals surface area (Å²) < 4.78 is 49.3. The number of thiazole rings is 1. The van der Waals surface area contributed by atoms with Gasteiger partial charge in [0, 0.05) is 5.56 Å². The average Bonchev–Trinajstić information content (AvgIpc) is 3.31. The first-order valence-electron chi connectivity index (χ1n) is 13.2. The molecule has 43 heavy (non-hydrogen) atoms. The minimum atomic E-state index is -4.13. The summed E-state index contributed by atoms with van der Waals surface area (Å²) in [7, 11) is -1.11. The molecule has 222 valence electrons. The van der Waals surface area contributed by atoms with E-state index in [9.17, 15) is 18.0 Å². The van der Waals surface area contributed by atoms with Crippen LogP contribution in [0.2, 0.25) is 0 Å². The van der Waals surface area contributed by atoms with Gasteiger partial charge in [0.1, 0.15) is 10.6 Å². The van der Waals surface area contributed by atoms with Crippen molar-refractivity contribution in [3.05, 3.63) is 115 Å². The number of carbonyl (C=O) groups excluding carboxylic acids is 1. The summed E-state index contributed by atoms with van der Waals surface area (Å²) in [5.74, 6) is 0.365. The van der Waals surface area contributed by atoms with Crippen molar-refractivity contribution in [2.24, 2.45) is 4.99 Å². The van der Waals surface area contributed by atoms with Crippen molar-refractivity contribution in [1.82, 2.24) is 4.57 Å². The molecule has 0 saturated carbocycles. The van der Waals surface area contributed by atoms with Crippen LogP contribution in [0.3, 0.4) is 0 Å². The van der Waals surface area contributed by atoms with Crippen molar-refractivity contribution in [2.45, 2.75) is 24.8 Å². The third kappa shape index (κ3) is 5.84. The van der Waals surface area contributed by atoms with E-state index in [0.29, 0.717) is 33.1 Å². The maximum absolute atomic E-state index is 14.0. The molecule has 1 aliphatic rings. The summed E-state index contributed by atoms with van der Waals surface area (Å²) in [5, 5.41) is 0. The van der Waals surface area contributed by atoms with E-state index in [1.165, 1.54) is 37.0 Å². The Morgan fingerprint density at radius 3 is 2.37 bits per heavy atom. The number of para-hydroxylation sites is 1. The molecule has 4 aromatic rings. The summed E-state index contributed by atoms with van der Waals surface area (Å²) in [4.78, 5) is 32.2. The highest BCUT2D eigenvalue weighted by molar-refractivity contribution is 7.87. The molecular weight excluding hydrogens is 592 g/mol. The highest BCUT2D eigenvalue weighted by Crippen LogP contribution is 2.36. The molecular formula is C31H28N2O8S2. The van der Waals surface area contributed by atoms with Crippen molar-refractivity contribution >= 4 is 33.5 Å². The number of nitrogens with zero attached hydrogens (tertiary/aromatic N) is 2. The number of esters is 1. The van der Waals surface area contributed by atoms with Gasteiger partial charge in [-0.1, -0.05) is 53.8 Å². The van der Waals surface area contributed by atoms with E-state index < -0.39 is 27.7 Å². The topological polar surface area (TPSA) is 122 Å². The minimum Gasteiger partial charge on any atom is -0.493 e. The summed E-state index contributed by atoms with van der Waals surface area (Å²) >= 11 is 1.11. The number of ether oxygens (including phenoxy) is 3. The molecule has 0 radical (unpaired) electrons. The maximum atomic E-state index is 14.0. The van der Waals surface area contributed by atoms with E-state index in [4.69, 9.17) is 18.4 Å². The second kappa shape index (κ2) is 12.3. The van der Waals surface area contributed by atoms with Gasteiger partial charge < -0.3 is 18.4 Å². The number of rotatable bonds is 9. The molecule has 12 heteroatoms. The number of benzene rings is 3. The zero-order valence-electron chi connectivity index (χ0n) is 23.8. The highest BCUT2D eigenvalue weighted by Gasteiger charge is 2.34. The molecule has 0 bridgehead atoms. The van der Waals surface area contributed by atoms with Crippen LogP contribution in [0.4, 0.5) is 0 Å². The first-order valence-corrected chi connectivity index (χ1v) is 15.4. The van der Waals surface area contributed by atoms with Gasteiger partial charge in [0.2, 0.25) is 0 Å². The predicted octanol–water partition coefficient (Wildman–Crippen LogP) is 3.58. The standard InChI is InChI=1S/C31H28N2O8S2/c1-5-40-30(35)27-19(2)32-31-33(28(27)21-15-16-24(38-3)25(17-21)39-4)29(34)26(42-31)18-20-11-9-10-14-23(20)41-43(36,37)22-12-7-6-8-13-22/h6-18,28H,5H2,1-4H3/b26-18+/t28-/m1/s1. The van der Waals surface area contributed by atoms with Gasteiger partial charge in [0.05, 0.1) is 42.7 Å². The maximum Gasteiger partial charge on any atom is 0.339 e. The lowest BCUT2D eigenvalue weighted by Crippen LogP contribution is -2.40. The van der Waals surface area contributed by atoms with Crippen LogP contribution < -0.4 is 28.5 Å². The lowest BCUT2D eigenvalue weighted by atomic mass is 9.95. The van der Waals surface area contributed by atoms with Crippen molar-refractivity contribution in [1.29, 1.82) is 0 Å². The number of carbonyl (C=O) groups is 1. The average molecular weight is 621 g/mol. The third-order valence-corrected chi connectivity index (χ3v) is 8.91. The van der Waals surface area contributed by atoms with Gasteiger partial charge in [0.25, 0.3) is 5.56 Å². The van der Waals surface area contributed by atoms with E-state index in [0.717, 1.165) is 11.3 Å². The molecule has 0 N–H and O–H groups in total. The Morgan fingerprint density at radius 1 is 0.977 bits per heavy atom. The predicted molar refractivity (Wildman–Crippen MR) is 161 cm³/mol. The van der Waals surface area contributed by atoms with Crippen LogP contribution >= 0.6 is 11.3 Å². The largest absolute Gasteiger partial charge is 0.493 e. The summed E-state index contributed by atoms with van der Waals surface area (Å²) in [6.45, 7) is 3.53. The Morgan fingerprint density at radius 2 is 1.67 bits per heavy atom. The van der Waals surface area contributed by atoms with Gasteiger partial charge in [-0.05, 0) is 55.8 Å². The molecule has 0 fully saturated rings. The van der Waals surface area contributed by atoms with E-state index in [-0.39, 0.29) is 27.4 Å². The van der Waals surface area contributed by atoms with Crippen LogP contribution in [0.15, 0.2) is 98.7 Å². The lowest BCUT2D eigenvalue weighted by molar-refractivity contribution is -0.139. The number of methoxy groups -OCH3 is 2. The third-order valence-electron chi connectivity index (χ3n) is 6.68. The molecule has 5 rings (SSSR count). The van der Waals surface area contributed by atoms with Gasteiger partial charge in [-0.2, -0.15) is 8.42 Å². The Balaban J connectivity index is 1.67. The van der Waals surface area contributed by atoms with Crippen LogP contribution in [0.1, 0.15) is 31.0 Å². The second-order valence-electron chi connectivity index (χ2n) is 9.31.